The molecule has 2 rings (SSSR count). The van der Waals surface area contributed by atoms with Gasteiger partial charge in [0.15, 0.2) is 0 Å². The van der Waals surface area contributed by atoms with E-state index in [-0.39, 0.29) is 0 Å². The number of fused-ring (bicyclic) bond motifs is 1. The van der Waals surface area contributed by atoms with Crippen molar-refractivity contribution < 1.29 is 9.42 Å². The Labute approximate surface area is 79.2 Å². The molecule has 70 valence electrons. The number of nitrogens with zero attached hydrogens (tertiary/aromatic N) is 2. The van der Waals surface area contributed by atoms with E-state index in [1.165, 1.54) is 6.08 Å². The van der Waals surface area contributed by atoms with Crippen LogP contribution in [0.4, 0.5) is 0 Å². The van der Waals surface area contributed by atoms with Crippen molar-refractivity contribution in [2.45, 2.75) is 0 Å². The summed E-state index contributed by atoms with van der Waals surface area (Å²) in [5.41, 5.74) is 6.99. The number of nitrogens with two attached hydrogens (primary N) is 1. The Balaban J connectivity index is 2.51. The van der Waals surface area contributed by atoms with Crippen LogP contribution in [0.5, 0.6) is 0 Å². The largest absolute Gasteiger partial charge is 0.366 e. The van der Waals surface area contributed by atoms with Crippen LogP contribution in [-0.2, 0) is 4.79 Å². The van der Waals surface area contributed by atoms with Gasteiger partial charge in [-0.2, -0.15) is 0 Å². The molecule has 0 unspecified atom stereocenters. The number of amides is 1. The Kier molecular flexibility index (Phi) is 1.98. The summed E-state index contributed by atoms with van der Waals surface area (Å²) < 4.78 is 4.56. The molecule has 5 heteroatoms. The van der Waals surface area contributed by atoms with Crippen LogP contribution in [0.3, 0.4) is 0 Å². The van der Waals surface area contributed by atoms with Gasteiger partial charge in [-0.15, -0.1) is 0 Å². The summed E-state index contributed by atoms with van der Waals surface area (Å²) in [7, 11) is 0. The first-order chi connectivity index (χ1) is 6.77. The van der Waals surface area contributed by atoms with Crippen molar-refractivity contribution in [3.63, 3.8) is 0 Å². The number of aromatic nitrogens is 2. The van der Waals surface area contributed by atoms with Gasteiger partial charge in [-0.25, -0.2) is 4.63 Å². The van der Waals surface area contributed by atoms with Crippen LogP contribution < -0.4 is 5.73 Å². The van der Waals surface area contributed by atoms with E-state index in [1.807, 2.05) is 0 Å². The zero-order valence-corrected chi connectivity index (χ0v) is 7.18. The van der Waals surface area contributed by atoms with Crippen LogP contribution in [0.2, 0.25) is 0 Å². The maximum Gasteiger partial charge on any atom is 0.241 e. The number of primary amides is 1. The van der Waals surface area contributed by atoms with E-state index in [1.54, 1.807) is 24.3 Å². The van der Waals surface area contributed by atoms with Crippen molar-refractivity contribution in [3.8, 4) is 0 Å². The summed E-state index contributed by atoms with van der Waals surface area (Å²) in [6, 6.07) is 5.37. The van der Waals surface area contributed by atoms with Gasteiger partial charge in [-0.3, -0.25) is 4.79 Å². The lowest BCUT2D eigenvalue weighted by Gasteiger charge is -1.90. The van der Waals surface area contributed by atoms with Crippen molar-refractivity contribution in [3.05, 3.63) is 29.8 Å². The third-order valence-corrected chi connectivity index (χ3v) is 1.74. The monoisotopic (exact) mass is 189 g/mol. The van der Waals surface area contributed by atoms with Crippen molar-refractivity contribution in [1.29, 1.82) is 0 Å². The molecule has 0 spiro atoms. The first kappa shape index (κ1) is 8.43. The molecule has 1 amide bonds. The van der Waals surface area contributed by atoms with Crippen LogP contribution in [0.1, 0.15) is 5.56 Å². The molecule has 2 N–H and O–H groups in total. The average Bonchev–Trinajstić information content (AvgIpc) is 2.62. The number of rotatable bonds is 2. The maximum atomic E-state index is 10.5. The second kappa shape index (κ2) is 3.29. The Morgan fingerprint density at radius 2 is 2.29 bits per heavy atom. The lowest BCUT2D eigenvalue weighted by molar-refractivity contribution is -0.113. The van der Waals surface area contributed by atoms with E-state index in [2.05, 4.69) is 14.9 Å². The normalized spacial score (nSPS) is 11.1. The van der Waals surface area contributed by atoms with Crippen LogP contribution in [0.25, 0.3) is 17.1 Å². The molecule has 1 aromatic carbocycles. The van der Waals surface area contributed by atoms with Gasteiger partial charge in [-0.1, -0.05) is 12.1 Å². The molecule has 0 radical (unpaired) electrons. The second-order valence-electron chi connectivity index (χ2n) is 2.71. The highest BCUT2D eigenvalue weighted by Crippen LogP contribution is 2.15. The highest BCUT2D eigenvalue weighted by molar-refractivity contribution is 5.93. The molecule has 1 aromatic heterocycles. The summed E-state index contributed by atoms with van der Waals surface area (Å²) in [6.07, 6.45) is 2.85. The van der Waals surface area contributed by atoms with Crippen LogP contribution in [0.15, 0.2) is 28.9 Å². The van der Waals surface area contributed by atoms with Gasteiger partial charge in [-0.05, 0) is 22.5 Å². The predicted octanol–water partition coefficient (Wildman–Crippen LogP) is 0.721. The van der Waals surface area contributed by atoms with Gasteiger partial charge < -0.3 is 5.73 Å². The quantitative estimate of drug-likeness (QED) is 0.705. The van der Waals surface area contributed by atoms with Crippen LogP contribution in [0, 0.1) is 0 Å². The van der Waals surface area contributed by atoms with Gasteiger partial charge in [0.2, 0.25) is 5.91 Å². The van der Waals surface area contributed by atoms with Crippen LogP contribution >= 0.6 is 0 Å². The predicted molar refractivity (Wildman–Crippen MR) is 50.0 cm³/mol. The fraction of sp³-hybridized carbons (Fsp3) is 0. The Morgan fingerprint density at radius 3 is 3.07 bits per heavy atom. The van der Waals surface area contributed by atoms with Crippen molar-refractivity contribution in [2.75, 3.05) is 0 Å². The number of hydrogen-bond acceptors (Lipinski definition) is 4. The smallest absolute Gasteiger partial charge is 0.241 e. The number of carbonyl (C=O) groups excluding carboxylic acids is 1. The van der Waals surface area contributed by atoms with E-state index in [4.69, 9.17) is 5.73 Å². The van der Waals surface area contributed by atoms with Crippen molar-refractivity contribution in [1.82, 2.24) is 10.3 Å². The topological polar surface area (TPSA) is 82.0 Å². The Bertz CT molecular complexity index is 501. The molecular formula is C9H7N3O2. The Morgan fingerprint density at radius 1 is 1.43 bits per heavy atom. The van der Waals surface area contributed by atoms with Crippen molar-refractivity contribution >= 4 is 23.0 Å². The summed E-state index contributed by atoms with van der Waals surface area (Å²) in [4.78, 5) is 10.5. The van der Waals surface area contributed by atoms with Gasteiger partial charge in [0.05, 0.1) is 0 Å². The molecule has 0 aliphatic carbocycles. The molecule has 1 heterocycles. The van der Waals surface area contributed by atoms with E-state index in [0.717, 1.165) is 5.56 Å². The molecule has 5 nitrogen and oxygen atoms in total. The van der Waals surface area contributed by atoms with Gasteiger partial charge in [0, 0.05) is 11.6 Å². The highest BCUT2D eigenvalue weighted by atomic mass is 16.6. The minimum Gasteiger partial charge on any atom is -0.366 e. The Hall–Kier alpha value is -2.17. The zero-order chi connectivity index (χ0) is 9.97. The molecule has 2 aromatic rings. The summed E-state index contributed by atoms with van der Waals surface area (Å²) in [5.74, 6) is -0.501. The summed E-state index contributed by atoms with van der Waals surface area (Å²) in [5, 5.41) is 7.38. The molecular weight excluding hydrogens is 182 g/mol. The van der Waals surface area contributed by atoms with E-state index in [9.17, 15) is 4.79 Å². The minimum atomic E-state index is -0.501. The minimum absolute atomic E-state index is 0.501. The van der Waals surface area contributed by atoms with Crippen molar-refractivity contribution in [2.24, 2.45) is 5.73 Å². The number of benzene rings is 1. The second-order valence-corrected chi connectivity index (χ2v) is 2.71. The molecule has 0 bridgehead atoms. The highest BCUT2D eigenvalue weighted by Gasteiger charge is 2.02. The average molecular weight is 189 g/mol. The molecule has 0 saturated heterocycles. The molecule has 0 fully saturated rings. The zero-order valence-electron chi connectivity index (χ0n) is 7.18. The summed E-state index contributed by atoms with van der Waals surface area (Å²) >= 11 is 0. The van der Waals surface area contributed by atoms with Gasteiger partial charge in [0.1, 0.15) is 11.0 Å². The first-order valence-electron chi connectivity index (χ1n) is 3.96. The molecule has 14 heavy (non-hydrogen) atoms. The third kappa shape index (κ3) is 1.47. The lowest BCUT2D eigenvalue weighted by atomic mass is 10.1. The molecule has 0 aliphatic heterocycles. The maximum absolute atomic E-state index is 10.5. The van der Waals surface area contributed by atoms with E-state index < -0.39 is 5.91 Å². The fourth-order valence-electron chi connectivity index (χ4n) is 1.13. The number of carbonyl (C=O) groups is 1. The summed E-state index contributed by atoms with van der Waals surface area (Å²) in [6.45, 7) is 0. The first-order valence-corrected chi connectivity index (χ1v) is 3.96. The number of hydrogen-bond donors (Lipinski definition) is 1. The molecule has 0 aliphatic rings. The van der Waals surface area contributed by atoms with E-state index >= 15 is 0 Å². The van der Waals surface area contributed by atoms with Gasteiger partial charge in [0.25, 0.3) is 0 Å². The molecule has 0 saturated carbocycles. The van der Waals surface area contributed by atoms with Crippen LogP contribution in [-0.4, -0.2) is 16.2 Å². The standard InChI is InChI=1S/C9H7N3O2/c10-8(13)5-4-6-2-1-3-7-9(6)12-14-11-7/h1-5H,(H2,10,13)/b5-4-. The fourth-order valence-corrected chi connectivity index (χ4v) is 1.13. The third-order valence-electron chi connectivity index (χ3n) is 1.74. The molecule has 0 atom stereocenters. The van der Waals surface area contributed by atoms with Gasteiger partial charge >= 0.3 is 0 Å². The SMILES string of the molecule is NC(=O)/C=C\c1cccc2nonc12. The lowest BCUT2D eigenvalue weighted by Crippen LogP contribution is -2.05. The van der Waals surface area contributed by atoms with E-state index in [0.29, 0.717) is 11.0 Å².